The van der Waals surface area contributed by atoms with E-state index in [1.54, 1.807) is 25.6 Å². The van der Waals surface area contributed by atoms with Gasteiger partial charge in [-0.25, -0.2) is 9.37 Å². The van der Waals surface area contributed by atoms with E-state index in [4.69, 9.17) is 9.73 Å². The third-order valence-electron chi connectivity index (χ3n) is 5.67. The van der Waals surface area contributed by atoms with Crippen LogP contribution in [0.15, 0.2) is 60.0 Å². The van der Waals surface area contributed by atoms with Gasteiger partial charge in [0.25, 0.3) is 0 Å². The van der Waals surface area contributed by atoms with E-state index in [0.717, 1.165) is 64.0 Å². The molecule has 7 heteroatoms. The Hall–Kier alpha value is -3.87. The molecule has 0 bridgehead atoms. The highest BCUT2D eigenvalue weighted by Crippen LogP contribution is 2.24. The highest BCUT2D eigenvalue weighted by molar-refractivity contribution is 5.58. The summed E-state index contributed by atoms with van der Waals surface area (Å²) in [6.45, 7) is 9.69. The van der Waals surface area contributed by atoms with Crippen LogP contribution in [0, 0.1) is 12.7 Å². The zero-order valence-electron chi connectivity index (χ0n) is 19.9. The van der Waals surface area contributed by atoms with Crippen LogP contribution in [-0.4, -0.2) is 32.8 Å². The van der Waals surface area contributed by atoms with Crippen molar-refractivity contribution in [1.82, 2.24) is 19.1 Å². The summed E-state index contributed by atoms with van der Waals surface area (Å²) < 4.78 is 23.0. The van der Waals surface area contributed by atoms with Crippen LogP contribution < -0.4 is 21.1 Å². The Morgan fingerprint density at radius 3 is 2.68 bits per heavy atom. The molecular formula is C27H30FN5O. The first-order valence-corrected chi connectivity index (χ1v) is 11.4. The quantitative estimate of drug-likeness (QED) is 0.411. The number of aryl methyl sites for hydroxylation is 1. The van der Waals surface area contributed by atoms with Crippen LogP contribution in [0.25, 0.3) is 18.3 Å². The summed E-state index contributed by atoms with van der Waals surface area (Å²) in [6.07, 6.45) is 7.85. The van der Waals surface area contributed by atoms with E-state index in [2.05, 4.69) is 23.5 Å². The molecule has 2 aromatic heterocycles. The molecule has 0 atom stereocenters. The second-order valence-electron chi connectivity index (χ2n) is 8.25. The molecular weight excluding hydrogens is 429 g/mol. The number of hydrogen-bond acceptors (Lipinski definition) is 3. The van der Waals surface area contributed by atoms with Gasteiger partial charge >= 0.3 is 0 Å². The minimum atomic E-state index is -0.247. The molecule has 2 aromatic carbocycles. The number of H-pyrrole nitrogens is 1. The zero-order valence-corrected chi connectivity index (χ0v) is 19.9. The normalized spacial score (nSPS) is 12.5. The lowest BCUT2D eigenvalue weighted by Gasteiger charge is -2.09. The van der Waals surface area contributed by atoms with Crippen molar-refractivity contribution < 1.29 is 9.13 Å². The largest absolute Gasteiger partial charge is 0.495 e. The van der Waals surface area contributed by atoms with Gasteiger partial charge in [0.05, 0.1) is 42.1 Å². The molecule has 0 saturated heterocycles. The summed E-state index contributed by atoms with van der Waals surface area (Å²) in [6, 6.07) is 12.6. The van der Waals surface area contributed by atoms with Crippen molar-refractivity contribution in [3.63, 3.8) is 0 Å². The maximum Gasteiger partial charge on any atom is 0.203 e. The number of aromatic nitrogens is 4. The predicted octanol–water partition coefficient (Wildman–Crippen LogP) is 3.45. The maximum absolute atomic E-state index is 13.4. The molecule has 0 aliphatic heterocycles. The lowest BCUT2D eigenvalue weighted by atomic mass is 10.1. The average Bonchev–Trinajstić information content (AvgIpc) is 3.39. The number of imidazole rings is 2. The highest BCUT2D eigenvalue weighted by Gasteiger charge is 2.08. The molecule has 0 aliphatic rings. The molecule has 4 rings (SSSR count). The van der Waals surface area contributed by atoms with Gasteiger partial charge in [-0.3, -0.25) is 4.99 Å². The number of benzene rings is 2. The Bertz CT molecular complexity index is 1440. The van der Waals surface area contributed by atoms with Gasteiger partial charge in [-0.2, -0.15) is 0 Å². The number of halogens is 1. The number of methoxy groups -OCH3 is 1. The molecule has 0 amide bonds. The van der Waals surface area contributed by atoms with Crippen molar-refractivity contribution in [2.75, 3.05) is 13.7 Å². The Labute approximate surface area is 198 Å². The number of aromatic amines is 1. The standard InChI is InChI=1S/C27H30FN5O/c1-5-6-13-29-27-31-24(20(3)33(27)17-21-7-10-23(28)11-8-21)14-22-9-12-25(26(15-22)34-4)32-16-19(2)30-18-32/h7-12,14-16,18H,3,5-6,13,17H2,1-2,4H3,(H,29,31)/b24-14-. The summed E-state index contributed by atoms with van der Waals surface area (Å²) in [5.74, 6) is 0.498. The number of hydrogen-bond donors (Lipinski definition) is 1. The number of nitrogens with zero attached hydrogens (tertiary/aromatic N) is 4. The molecule has 4 aromatic rings. The average molecular weight is 460 g/mol. The smallest absolute Gasteiger partial charge is 0.203 e. The minimum Gasteiger partial charge on any atom is -0.495 e. The van der Waals surface area contributed by atoms with Crippen LogP contribution in [0.4, 0.5) is 4.39 Å². The first-order valence-electron chi connectivity index (χ1n) is 11.4. The maximum atomic E-state index is 13.4. The molecule has 0 saturated carbocycles. The van der Waals surface area contributed by atoms with Crippen LogP contribution >= 0.6 is 0 Å². The topological polar surface area (TPSA) is 60.1 Å². The monoisotopic (exact) mass is 459 g/mol. The first-order chi connectivity index (χ1) is 16.5. The molecule has 0 aliphatic carbocycles. The fraction of sp³-hybridized carbons (Fsp3) is 0.259. The van der Waals surface area contributed by atoms with Crippen molar-refractivity contribution in [1.29, 1.82) is 0 Å². The van der Waals surface area contributed by atoms with Crippen molar-refractivity contribution >= 4 is 12.7 Å². The summed E-state index contributed by atoms with van der Waals surface area (Å²) in [4.78, 5) is 12.5. The molecule has 2 heterocycles. The van der Waals surface area contributed by atoms with Crippen LogP contribution in [0.1, 0.15) is 36.6 Å². The van der Waals surface area contributed by atoms with E-state index in [0.29, 0.717) is 6.54 Å². The highest BCUT2D eigenvalue weighted by atomic mass is 19.1. The third kappa shape index (κ3) is 5.20. The van der Waals surface area contributed by atoms with Gasteiger partial charge in [0.15, 0.2) is 0 Å². The third-order valence-corrected chi connectivity index (χ3v) is 5.67. The number of rotatable bonds is 8. The van der Waals surface area contributed by atoms with Gasteiger partial charge in [-0.1, -0.05) is 38.1 Å². The molecule has 34 heavy (non-hydrogen) atoms. The molecule has 176 valence electrons. The summed E-state index contributed by atoms with van der Waals surface area (Å²) >= 11 is 0. The second kappa shape index (κ2) is 10.4. The van der Waals surface area contributed by atoms with E-state index < -0.39 is 0 Å². The summed E-state index contributed by atoms with van der Waals surface area (Å²) in [7, 11) is 1.66. The van der Waals surface area contributed by atoms with E-state index >= 15 is 0 Å². The Morgan fingerprint density at radius 1 is 1.21 bits per heavy atom. The number of ether oxygens (including phenoxy) is 1. The van der Waals surface area contributed by atoms with E-state index in [9.17, 15) is 4.39 Å². The van der Waals surface area contributed by atoms with Crippen LogP contribution in [0.2, 0.25) is 0 Å². The van der Waals surface area contributed by atoms with Crippen molar-refractivity contribution in [3.05, 3.63) is 93.9 Å². The van der Waals surface area contributed by atoms with Crippen LogP contribution in [0.5, 0.6) is 5.75 Å². The summed E-state index contributed by atoms with van der Waals surface area (Å²) in [5, 5.41) is 1.68. The van der Waals surface area contributed by atoms with Crippen LogP contribution in [-0.2, 0) is 6.54 Å². The fourth-order valence-electron chi connectivity index (χ4n) is 3.78. The number of unbranched alkanes of at least 4 members (excludes halogenated alkanes) is 1. The molecule has 0 fully saturated rings. The van der Waals surface area contributed by atoms with Gasteiger partial charge < -0.3 is 18.9 Å². The van der Waals surface area contributed by atoms with E-state index in [-0.39, 0.29) is 5.82 Å². The van der Waals surface area contributed by atoms with Gasteiger partial charge in [0.1, 0.15) is 11.6 Å². The van der Waals surface area contributed by atoms with E-state index in [1.165, 1.54) is 12.1 Å². The van der Waals surface area contributed by atoms with E-state index in [1.807, 2.05) is 46.5 Å². The first kappa shape index (κ1) is 23.3. The van der Waals surface area contributed by atoms with Crippen molar-refractivity contribution in [2.45, 2.75) is 33.2 Å². The number of nitrogens with one attached hydrogen (secondary N) is 1. The van der Waals surface area contributed by atoms with Gasteiger partial charge in [-0.05, 0) is 54.8 Å². The Kier molecular flexibility index (Phi) is 7.11. The zero-order chi connectivity index (χ0) is 24.1. The van der Waals surface area contributed by atoms with Crippen LogP contribution in [0.3, 0.4) is 0 Å². The Morgan fingerprint density at radius 2 is 2.00 bits per heavy atom. The molecule has 0 spiro atoms. The minimum absolute atomic E-state index is 0.247. The molecule has 1 N–H and O–H groups in total. The predicted molar refractivity (Wildman–Crippen MR) is 133 cm³/mol. The van der Waals surface area contributed by atoms with Crippen molar-refractivity contribution in [2.24, 2.45) is 4.99 Å². The van der Waals surface area contributed by atoms with Gasteiger partial charge in [0.2, 0.25) is 5.62 Å². The van der Waals surface area contributed by atoms with Gasteiger partial charge in [-0.15, -0.1) is 0 Å². The molecule has 0 radical (unpaired) electrons. The van der Waals surface area contributed by atoms with Gasteiger partial charge in [0, 0.05) is 12.7 Å². The Balaban J connectivity index is 1.76. The lowest BCUT2D eigenvalue weighted by Crippen LogP contribution is -2.31. The van der Waals surface area contributed by atoms with Crippen molar-refractivity contribution in [3.8, 4) is 11.4 Å². The summed E-state index contributed by atoms with van der Waals surface area (Å²) in [5.41, 5.74) is 4.57. The molecule has 0 unspecified atom stereocenters. The SMILES string of the molecule is C=c1/c(=C/c2ccc(-n3cnc(C)c3)c(OC)c2)[nH]/c(=N\CCCC)n1Cc1ccc(F)cc1. The lowest BCUT2D eigenvalue weighted by molar-refractivity contribution is 0.413. The molecule has 6 nitrogen and oxygen atoms in total. The fourth-order valence-corrected chi connectivity index (χ4v) is 3.78. The second-order valence-corrected chi connectivity index (χ2v) is 8.25.